The van der Waals surface area contributed by atoms with Gasteiger partial charge in [0.2, 0.25) is 0 Å². The molecule has 1 atom stereocenters. The van der Waals surface area contributed by atoms with E-state index in [1.54, 1.807) is 12.1 Å². The lowest BCUT2D eigenvalue weighted by molar-refractivity contribution is 0.367. The zero-order valence-electron chi connectivity index (χ0n) is 7.83. The molecule has 1 aromatic carbocycles. The molecule has 0 bridgehead atoms. The minimum Gasteiger partial charge on any atom is -0.280 e. The fourth-order valence-electron chi connectivity index (χ4n) is 0.934. The SMILES string of the molecule is Cc1ccc(S(=N)(=O)OCCBr)cc1. The van der Waals surface area contributed by atoms with Crippen LogP contribution in [0.3, 0.4) is 0 Å². The molecule has 3 nitrogen and oxygen atoms in total. The highest BCUT2D eigenvalue weighted by atomic mass is 79.9. The van der Waals surface area contributed by atoms with Crippen LogP contribution in [0, 0.1) is 11.7 Å². The first-order valence-corrected chi connectivity index (χ1v) is 6.72. The van der Waals surface area contributed by atoms with Gasteiger partial charge in [0.25, 0.3) is 0 Å². The normalized spacial score (nSPS) is 15.0. The molecular formula is C9H12BrNO2S. The fourth-order valence-corrected chi connectivity index (χ4v) is 2.26. The third-order valence-corrected chi connectivity index (χ3v) is 3.37. The van der Waals surface area contributed by atoms with E-state index in [0.29, 0.717) is 10.2 Å². The number of hydrogen-bond acceptors (Lipinski definition) is 3. The molecule has 0 fully saturated rings. The highest BCUT2D eigenvalue weighted by Crippen LogP contribution is 2.13. The van der Waals surface area contributed by atoms with Crippen LogP contribution >= 0.6 is 15.9 Å². The zero-order valence-corrected chi connectivity index (χ0v) is 10.2. The molecule has 1 rings (SSSR count). The monoisotopic (exact) mass is 277 g/mol. The summed E-state index contributed by atoms with van der Waals surface area (Å²) in [5.41, 5.74) is 1.07. The van der Waals surface area contributed by atoms with E-state index < -0.39 is 10.0 Å². The fraction of sp³-hybridized carbons (Fsp3) is 0.333. The van der Waals surface area contributed by atoms with E-state index in [1.807, 2.05) is 19.1 Å². The second kappa shape index (κ2) is 4.91. The van der Waals surface area contributed by atoms with E-state index in [4.69, 9.17) is 8.96 Å². The summed E-state index contributed by atoms with van der Waals surface area (Å²) in [5.74, 6) is 0. The van der Waals surface area contributed by atoms with Gasteiger partial charge >= 0.3 is 0 Å². The van der Waals surface area contributed by atoms with Crippen LogP contribution in [-0.4, -0.2) is 16.1 Å². The van der Waals surface area contributed by atoms with Gasteiger partial charge in [-0.2, -0.15) is 0 Å². The number of alkyl halides is 1. The Morgan fingerprint density at radius 2 is 2.00 bits per heavy atom. The Labute approximate surface area is 92.8 Å². The van der Waals surface area contributed by atoms with Crippen molar-refractivity contribution in [1.82, 2.24) is 0 Å². The predicted molar refractivity (Wildman–Crippen MR) is 60.1 cm³/mol. The van der Waals surface area contributed by atoms with Crippen LogP contribution in [0.5, 0.6) is 0 Å². The Morgan fingerprint density at radius 1 is 1.43 bits per heavy atom. The van der Waals surface area contributed by atoms with Crippen molar-refractivity contribution in [1.29, 1.82) is 4.78 Å². The standard InChI is InChI=1S/C9H12BrNO2S/c1-8-2-4-9(5-3-8)14(11,12)13-7-6-10/h2-5,11H,6-7H2,1H3. The zero-order chi connectivity index (χ0) is 10.6. The van der Waals surface area contributed by atoms with Gasteiger partial charge in [-0.25, -0.2) is 8.99 Å². The second-order valence-electron chi connectivity index (χ2n) is 2.83. The van der Waals surface area contributed by atoms with Gasteiger partial charge in [0.15, 0.2) is 10.0 Å². The Bertz CT molecular complexity index is 386. The molecule has 0 radical (unpaired) electrons. The molecule has 5 heteroatoms. The highest BCUT2D eigenvalue weighted by molar-refractivity contribution is 9.09. The summed E-state index contributed by atoms with van der Waals surface area (Å²) in [5, 5.41) is 0.578. The van der Waals surface area contributed by atoms with Crippen LogP contribution in [-0.2, 0) is 14.2 Å². The van der Waals surface area contributed by atoms with Crippen molar-refractivity contribution in [3.05, 3.63) is 29.8 Å². The maximum Gasteiger partial charge on any atom is 0.190 e. The number of aryl methyl sites for hydroxylation is 1. The van der Waals surface area contributed by atoms with Crippen molar-refractivity contribution < 1.29 is 8.39 Å². The first-order valence-electron chi connectivity index (χ1n) is 4.12. The number of nitrogens with one attached hydrogen (secondary N) is 1. The van der Waals surface area contributed by atoms with Gasteiger partial charge in [0.1, 0.15) is 0 Å². The summed E-state index contributed by atoms with van der Waals surface area (Å²) in [6, 6.07) is 6.97. The lowest BCUT2D eigenvalue weighted by Gasteiger charge is -2.07. The van der Waals surface area contributed by atoms with E-state index in [9.17, 15) is 4.21 Å². The van der Waals surface area contributed by atoms with E-state index in [0.717, 1.165) is 5.56 Å². The average Bonchev–Trinajstić information content (AvgIpc) is 2.16. The van der Waals surface area contributed by atoms with Crippen molar-refractivity contribution in [2.75, 3.05) is 11.9 Å². The largest absolute Gasteiger partial charge is 0.280 e. The molecule has 0 aliphatic carbocycles. The number of hydrogen-bond donors (Lipinski definition) is 1. The van der Waals surface area contributed by atoms with Crippen molar-refractivity contribution >= 4 is 25.9 Å². The van der Waals surface area contributed by atoms with Crippen molar-refractivity contribution in [3.8, 4) is 0 Å². The van der Waals surface area contributed by atoms with Crippen LogP contribution in [0.15, 0.2) is 29.2 Å². The van der Waals surface area contributed by atoms with Gasteiger partial charge < -0.3 is 0 Å². The van der Waals surface area contributed by atoms with Crippen molar-refractivity contribution in [3.63, 3.8) is 0 Å². The molecule has 0 saturated heterocycles. The molecule has 0 saturated carbocycles. The van der Waals surface area contributed by atoms with Crippen molar-refractivity contribution in [2.24, 2.45) is 0 Å². The molecule has 1 aromatic rings. The number of benzene rings is 1. The molecule has 0 aromatic heterocycles. The number of rotatable bonds is 4. The van der Waals surface area contributed by atoms with E-state index in [1.165, 1.54) is 0 Å². The minimum atomic E-state index is -3.07. The smallest absolute Gasteiger partial charge is 0.190 e. The molecule has 78 valence electrons. The summed E-state index contributed by atoms with van der Waals surface area (Å²) in [6.07, 6.45) is 0. The van der Waals surface area contributed by atoms with Crippen molar-refractivity contribution in [2.45, 2.75) is 11.8 Å². The molecule has 0 aliphatic heterocycles. The molecule has 1 unspecified atom stereocenters. The van der Waals surface area contributed by atoms with Crippen LogP contribution in [0.1, 0.15) is 5.56 Å². The lowest BCUT2D eigenvalue weighted by Crippen LogP contribution is -2.06. The average molecular weight is 278 g/mol. The summed E-state index contributed by atoms with van der Waals surface area (Å²) in [7, 11) is -3.07. The third-order valence-electron chi connectivity index (χ3n) is 1.66. The molecule has 14 heavy (non-hydrogen) atoms. The summed E-state index contributed by atoms with van der Waals surface area (Å²) < 4.78 is 24.2. The second-order valence-corrected chi connectivity index (χ2v) is 5.33. The predicted octanol–water partition coefficient (Wildman–Crippen LogP) is 2.73. The molecular weight excluding hydrogens is 266 g/mol. The van der Waals surface area contributed by atoms with Gasteiger partial charge in [-0.15, -0.1) is 0 Å². The Balaban J connectivity index is 2.87. The van der Waals surface area contributed by atoms with Gasteiger partial charge in [0, 0.05) is 5.33 Å². The molecule has 1 N–H and O–H groups in total. The van der Waals surface area contributed by atoms with Crippen LogP contribution < -0.4 is 0 Å². The van der Waals surface area contributed by atoms with Gasteiger partial charge in [-0.05, 0) is 19.1 Å². The van der Waals surface area contributed by atoms with Crippen LogP contribution in [0.4, 0.5) is 0 Å². The maximum atomic E-state index is 11.7. The van der Waals surface area contributed by atoms with Crippen LogP contribution in [0.2, 0.25) is 0 Å². The quantitative estimate of drug-likeness (QED) is 0.861. The summed E-state index contributed by atoms with van der Waals surface area (Å²) >= 11 is 3.15. The van der Waals surface area contributed by atoms with E-state index >= 15 is 0 Å². The lowest BCUT2D eigenvalue weighted by atomic mass is 10.2. The summed E-state index contributed by atoms with van der Waals surface area (Å²) in [4.78, 5) is 0.420. The Kier molecular flexibility index (Phi) is 4.10. The Morgan fingerprint density at radius 3 is 2.50 bits per heavy atom. The maximum absolute atomic E-state index is 11.7. The molecule has 0 heterocycles. The van der Waals surface area contributed by atoms with Crippen LogP contribution in [0.25, 0.3) is 0 Å². The van der Waals surface area contributed by atoms with Gasteiger partial charge in [-0.1, -0.05) is 33.6 Å². The van der Waals surface area contributed by atoms with E-state index in [2.05, 4.69) is 15.9 Å². The van der Waals surface area contributed by atoms with Gasteiger partial charge in [0.05, 0.1) is 11.5 Å². The topological polar surface area (TPSA) is 50.2 Å². The molecule has 0 aliphatic rings. The minimum absolute atomic E-state index is 0.274. The Hall–Kier alpha value is -0.390. The molecule has 0 amide bonds. The first kappa shape index (κ1) is 11.7. The van der Waals surface area contributed by atoms with Gasteiger partial charge in [-0.3, -0.25) is 4.18 Å². The third kappa shape index (κ3) is 3.08. The molecule has 0 spiro atoms. The summed E-state index contributed by atoms with van der Waals surface area (Å²) in [6.45, 7) is 2.21. The highest BCUT2D eigenvalue weighted by Gasteiger charge is 2.09. The first-order chi connectivity index (χ1) is 6.56. The number of halogens is 1. The van der Waals surface area contributed by atoms with E-state index in [-0.39, 0.29) is 6.61 Å².